The molecule has 0 spiro atoms. The summed E-state index contributed by atoms with van der Waals surface area (Å²) < 4.78 is 27.9. The van der Waals surface area contributed by atoms with Crippen molar-refractivity contribution < 1.29 is 13.2 Å². The zero-order valence-corrected chi connectivity index (χ0v) is 16.8. The van der Waals surface area contributed by atoms with Crippen molar-refractivity contribution in [3.8, 4) is 0 Å². The summed E-state index contributed by atoms with van der Waals surface area (Å²) in [6, 6.07) is 18.1. The van der Waals surface area contributed by atoms with Gasteiger partial charge in [-0.1, -0.05) is 29.8 Å². The maximum Gasteiger partial charge on any atom is 0.261 e. The van der Waals surface area contributed by atoms with Crippen LogP contribution in [0.3, 0.4) is 0 Å². The van der Waals surface area contributed by atoms with Crippen LogP contribution in [0.2, 0.25) is 4.34 Å². The van der Waals surface area contributed by atoms with Gasteiger partial charge in [-0.15, -0.1) is 11.3 Å². The third kappa shape index (κ3) is 4.88. The molecule has 1 amide bonds. The van der Waals surface area contributed by atoms with E-state index in [4.69, 9.17) is 11.6 Å². The predicted octanol–water partition coefficient (Wildman–Crippen LogP) is 4.47. The molecule has 0 aliphatic carbocycles. The van der Waals surface area contributed by atoms with Crippen LogP contribution in [0.25, 0.3) is 0 Å². The second-order valence-electron chi connectivity index (χ2n) is 5.86. The lowest BCUT2D eigenvalue weighted by molar-refractivity contribution is 0.0786. The lowest BCUT2D eigenvalue weighted by atomic mass is 10.2. The molecule has 1 heterocycles. The van der Waals surface area contributed by atoms with Gasteiger partial charge in [0.25, 0.3) is 15.9 Å². The van der Waals surface area contributed by atoms with Gasteiger partial charge in [0.05, 0.1) is 15.8 Å². The van der Waals surface area contributed by atoms with E-state index in [0.29, 0.717) is 22.1 Å². The maximum absolute atomic E-state index is 12.5. The molecule has 0 atom stereocenters. The first-order valence-corrected chi connectivity index (χ1v) is 10.7. The standard InChI is InChI=1S/C19H17ClN2O3S2/c1-22(13-16-11-12-18(20)26-16)19(23)14-7-9-15(10-8-14)21-27(24,25)17-5-3-2-4-6-17/h2-12,21H,13H2,1H3. The molecule has 0 saturated heterocycles. The van der Waals surface area contributed by atoms with Crippen molar-refractivity contribution in [2.75, 3.05) is 11.8 Å². The van der Waals surface area contributed by atoms with Gasteiger partial charge in [-0.05, 0) is 48.5 Å². The molecule has 140 valence electrons. The Labute approximate surface area is 167 Å². The molecule has 5 nitrogen and oxygen atoms in total. The molecule has 0 unspecified atom stereocenters. The number of hydrogen-bond donors (Lipinski definition) is 1. The fourth-order valence-corrected chi connectivity index (χ4v) is 4.68. The maximum atomic E-state index is 12.5. The molecule has 3 aromatic rings. The highest BCUT2D eigenvalue weighted by molar-refractivity contribution is 7.92. The molecule has 0 aliphatic rings. The molecule has 0 radical (unpaired) electrons. The van der Waals surface area contributed by atoms with Crippen LogP contribution in [0.4, 0.5) is 5.69 Å². The second kappa shape index (κ2) is 8.12. The Morgan fingerprint density at radius 3 is 2.30 bits per heavy atom. The number of amides is 1. The van der Waals surface area contributed by atoms with Gasteiger partial charge >= 0.3 is 0 Å². The third-order valence-corrected chi connectivity index (χ3v) is 6.42. The van der Waals surface area contributed by atoms with Gasteiger partial charge in [0.2, 0.25) is 0 Å². The van der Waals surface area contributed by atoms with E-state index in [2.05, 4.69) is 4.72 Å². The highest BCUT2D eigenvalue weighted by Crippen LogP contribution is 2.23. The SMILES string of the molecule is CN(Cc1ccc(Cl)s1)C(=O)c1ccc(NS(=O)(=O)c2ccccc2)cc1. The minimum atomic E-state index is -3.66. The van der Waals surface area contributed by atoms with Crippen molar-refractivity contribution in [1.82, 2.24) is 4.90 Å². The normalized spacial score (nSPS) is 11.2. The Morgan fingerprint density at radius 1 is 1.04 bits per heavy atom. The van der Waals surface area contributed by atoms with Crippen molar-refractivity contribution in [1.29, 1.82) is 0 Å². The zero-order chi connectivity index (χ0) is 19.4. The minimum absolute atomic E-state index is 0.156. The van der Waals surface area contributed by atoms with Gasteiger partial charge in [0, 0.05) is 23.2 Å². The quantitative estimate of drug-likeness (QED) is 0.639. The minimum Gasteiger partial charge on any atom is -0.337 e. The fraction of sp³-hybridized carbons (Fsp3) is 0.105. The Morgan fingerprint density at radius 2 is 1.70 bits per heavy atom. The summed E-state index contributed by atoms with van der Waals surface area (Å²) in [5.74, 6) is -0.156. The molecule has 27 heavy (non-hydrogen) atoms. The number of rotatable bonds is 6. The highest BCUT2D eigenvalue weighted by Gasteiger charge is 2.15. The monoisotopic (exact) mass is 420 g/mol. The zero-order valence-electron chi connectivity index (χ0n) is 14.4. The topological polar surface area (TPSA) is 66.5 Å². The average molecular weight is 421 g/mol. The molecule has 2 aromatic carbocycles. The van der Waals surface area contributed by atoms with E-state index in [-0.39, 0.29) is 10.8 Å². The number of thiophene rings is 1. The highest BCUT2D eigenvalue weighted by atomic mass is 35.5. The first-order valence-electron chi connectivity index (χ1n) is 8.03. The molecule has 0 bridgehead atoms. The molecule has 0 aliphatic heterocycles. The van der Waals surface area contributed by atoms with Gasteiger partial charge < -0.3 is 4.90 Å². The third-order valence-electron chi connectivity index (χ3n) is 3.81. The van der Waals surface area contributed by atoms with Crippen LogP contribution in [0.5, 0.6) is 0 Å². The molecular formula is C19H17ClN2O3S2. The molecular weight excluding hydrogens is 404 g/mol. The fourth-order valence-electron chi connectivity index (χ4n) is 2.46. The van der Waals surface area contributed by atoms with Gasteiger partial charge in [0.1, 0.15) is 0 Å². The number of hydrogen-bond acceptors (Lipinski definition) is 4. The number of benzene rings is 2. The summed E-state index contributed by atoms with van der Waals surface area (Å²) in [6.07, 6.45) is 0. The Balaban J connectivity index is 1.68. The predicted molar refractivity (Wildman–Crippen MR) is 109 cm³/mol. The van der Waals surface area contributed by atoms with E-state index in [1.54, 1.807) is 60.5 Å². The number of carbonyl (C=O) groups is 1. The Hall–Kier alpha value is -2.35. The van der Waals surface area contributed by atoms with Crippen molar-refractivity contribution in [3.63, 3.8) is 0 Å². The van der Waals surface area contributed by atoms with Crippen molar-refractivity contribution in [2.24, 2.45) is 0 Å². The number of anilines is 1. The molecule has 3 rings (SSSR count). The van der Waals surface area contributed by atoms with Gasteiger partial charge in [-0.2, -0.15) is 0 Å². The van der Waals surface area contributed by atoms with E-state index in [1.165, 1.54) is 23.5 Å². The molecule has 1 aromatic heterocycles. The number of sulfonamides is 1. The van der Waals surface area contributed by atoms with Gasteiger partial charge in [-0.25, -0.2) is 8.42 Å². The lowest BCUT2D eigenvalue weighted by Gasteiger charge is -2.16. The van der Waals surface area contributed by atoms with Crippen LogP contribution in [-0.2, 0) is 16.6 Å². The smallest absolute Gasteiger partial charge is 0.261 e. The first-order chi connectivity index (χ1) is 12.8. The Kier molecular flexibility index (Phi) is 5.84. The molecule has 0 saturated carbocycles. The number of nitrogens with one attached hydrogen (secondary N) is 1. The van der Waals surface area contributed by atoms with E-state index < -0.39 is 10.0 Å². The number of carbonyl (C=O) groups excluding carboxylic acids is 1. The van der Waals surface area contributed by atoms with Crippen LogP contribution >= 0.6 is 22.9 Å². The van der Waals surface area contributed by atoms with Crippen LogP contribution in [0.15, 0.2) is 71.6 Å². The summed E-state index contributed by atoms with van der Waals surface area (Å²) in [5.41, 5.74) is 0.867. The van der Waals surface area contributed by atoms with Crippen molar-refractivity contribution >= 4 is 44.6 Å². The number of nitrogens with zero attached hydrogens (tertiary/aromatic N) is 1. The van der Waals surface area contributed by atoms with E-state index >= 15 is 0 Å². The molecule has 8 heteroatoms. The summed E-state index contributed by atoms with van der Waals surface area (Å²) in [7, 11) is -1.95. The first kappa shape index (κ1) is 19.4. The van der Waals surface area contributed by atoms with Gasteiger partial charge in [0.15, 0.2) is 0 Å². The second-order valence-corrected chi connectivity index (χ2v) is 9.34. The van der Waals surface area contributed by atoms with E-state index in [0.717, 1.165) is 4.88 Å². The summed E-state index contributed by atoms with van der Waals surface area (Å²) in [4.78, 5) is 15.3. The Bertz CT molecular complexity index is 1030. The molecule has 1 N–H and O–H groups in total. The van der Waals surface area contributed by atoms with Gasteiger partial charge in [-0.3, -0.25) is 9.52 Å². The summed E-state index contributed by atoms with van der Waals surface area (Å²) in [5, 5.41) is 0. The average Bonchev–Trinajstić information content (AvgIpc) is 3.07. The lowest BCUT2D eigenvalue weighted by Crippen LogP contribution is -2.25. The van der Waals surface area contributed by atoms with Crippen LogP contribution in [0, 0.1) is 0 Å². The van der Waals surface area contributed by atoms with Crippen molar-refractivity contribution in [2.45, 2.75) is 11.4 Å². The van der Waals surface area contributed by atoms with Crippen LogP contribution < -0.4 is 4.72 Å². The van der Waals surface area contributed by atoms with Crippen LogP contribution in [0.1, 0.15) is 15.2 Å². The molecule has 0 fully saturated rings. The van der Waals surface area contributed by atoms with E-state index in [1.807, 2.05) is 6.07 Å². The number of halogens is 1. The van der Waals surface area contributed by atoms with Crippen LogP contribution in [-0.4, -0.2) is 26.3 Å². The summed E-state index contributed by atoms with van der Waals surface area (Å²) >= 11 is 7.34. The van der Waals surface area contributed by atoms with Crippen molar-refractivity contribution in [3.05, 3.63) is 81.5 Å². The van der Waals surface area contributed by atoms with E-state index in [9.17, 15) is 13.2 Å². The largest absolute Gasteiger partial charge is 0.337 e. The summed E-state index contributed by atoms with van der Waals surface area (Å²) in [6.45, 7) is 0.457.